The van der Waals surface area contributed by atoms with Gasteiger partial charge in [0.2, 0.25) is 0 Å². The smallest absolute Gasteiger partial charge is 0.114 e. The van der Waals surface area contributed by atoms with Crippen LogP contribution in [0.2, 0.25) is 0 Å². The predicted molar refractivity (Wildman–Crippen MR) is 289 cm³/mol. The van der Waals surface area contributed by atoms with Gasteiger partial charge in [-0.3, -0.25) is 0 Å². The highest BCUT2D eigenvalue weighted by Crippen LogP contribution is 2.47. The van der Waals surface area contributed by atoms with Gasteiger partial charge in [0.1, 0.15) is 0 Å². The molecule has 12 aromatic rings. The molecular formula is C57H36Br3Cl3. The molecule has 63 heavy (non-hydrogen) atoms. The van der Waals surface area contributed by atoms with Gasteiger partial charge in [-0.1, -0.05) is 261 Å². The van der Waals surface area contributed by atoms with E-state index in [9.17, 15) is 0 Å². The molecule has 0 amide bonds. The highest BCUT2D eigenvalue weighted by molar-refractivity contribution is 9.11. The van der Waals surface area contributed by atoms with Crippen molar-refractivity contribution in [2.24, 2.45) is 0 Å². The van der Waals surface area contributed by atoms with E-state index in [1.165, 1.54) is 109 Å². The van der Waals surface area contributed by atoms with E-state index in [0.717, 1.165) is 8.95 Å². The van der Waals surface area contributed by atoms with Gasteiger partial charge in [-0.25, -0.2) is 0 Å². The normalized spacial score (nSPS) is 11.3. The van der Waals surface area contributed by atoms with Gasteiger partial charge in [-0.15, -0.1) is 17.0 Å². The molecule has 0 heterocycles. The lowest BCUT2D eigenvalue weighted by Gasteiger charge is -2.18. The number of hydrogen-bond donors (Lipinski definition) is 0. The standard InChI is InChI=1S/C28H16Br2.C28H18.CHCl3.BrH/c29-25-15-23(17-7-3-1-4-8-17)19-11-13-22-26(30)16-24(18-9-5-2-6-10-18)20-12-14-21(25)27(19)28(20)22;1-3-7-19(8-4-1)23-15-11-21-14-18-26-24(20-9-5-2-6-10-20)16-12-22-13-17-25(23)27(21)28(22)26;2-1(3)4;/h1-16H;1-18H;1H;1H. The molecule has 12 rings (SSSR count). The fourth-order valence-electron chi connectivity index (χ4n) is 9.16. The molecule has 0 aliphatic carbocycles. The van der Waals surface area contributed by atoms with E-state index in [2.05, 4.69) is 238 Å². The average Bonchev–Trinajstić information content (AvgIpc) is 3.32. The zero-order valence-electron chi connectivity index (χ0n) is 33.5. The van der Waals surface area contributed by atoms with Gasteiger partial charge in [0.15, 0.2) is 4.30 Å². The summed E-state index contributed by atoms with van der Waals surface area (Å²) in [6, 6.07) is 74.4. The fraction of sp³-hybridized carbons (Fsp3) is 0.0175. The molecule has 306 valence electrons. The summed E-state index contributed by atoms with van der Waals surface area (Å²) in [7, 11) is 0. The number of hydrogen-bond acceptors (Lipinski definition) is 0. The molecule has 0 N–H and O–H groups in total. The van der Waals surface area contributed by atoms with Crippen molar-refractivity contribution >= 4 is 148 Å². The molecule has 6 heteroatoms. The maximum Gasteiger partial charge on any atom is 0.180 e. The Labute approximate surface area is 408 Å². The molecule has 0 radical (unpaired) electrons. The topological polar surface area (TPSA) is 0 Å². The average molecular weight is 1070 g/mol. The van der Waals surface area contributed by atoms with E-state index in [1.54, 1.807) is 0 Å². The van der Waals surface area contributed by atoms with E-state index in [4.69, 9.17) is 34.8 Å². The Kier molecular flexibility index (Phi) is 12.8. The van der Waals surface area contributed by atoms with Crippen molar-refractivity contribution in [2.75, 3.05) is 0 Å². The lowest BCUT2D eigenvalue weighted by Crippen LogP contribution is -1.91. The SMILES string of the molecule is Br.Brc1cc(-c2ccccc2)c2ccc3c(Br)cc(-c4ccccc4)c4ccc1c2c34.ClC(Cl)Cl.c1ccc(-c2ccc3ccc4c(-c5ccccc5)ccc5ccc2c3c54)cc1. The van der Waals surface area contributed by atoms with Crippen molar-refractivity contribution in [1.29, 1.82) is 0 Å². The molecule has 0 aliphatic rings. The van der Waals surface area contributed by atoms with Gasteiger partial charge >= 0.3 is 0 Å². The minimum atomic E-state index is -0.750. The van der Waals surface area contributed by atoms with Crippen LogP contribution in [0.1, 0.15) is 0 Å². The Morgan fingerprint density at radius 1 is 0.286 bits per heavy atom. The van der Waals surface area contributed by atoms with Crippen molar-refractivity contribution < 1.29 is 0 Å². The van der Waals surface area contributed by atoms with Crippen molar-refractivity contribution in [1.82, 2.24) is 0 Å². The van der Waals surface area contributed by atoms with Gasteiger partial charge in [0, 0.05) is 8.95 Å². The molecule has 12 aromatic carbocycles. The first-order valence-corrected chi connectivity index (χ1v) is 23.2. The monoisotopic (exact) mass is 1060 g/mol. The molecule has 0 aliphatic heterocycles. The van der Waals surface area contributed by atoms with Crippen molar-refractivity contribution in [3.63, 3.8) is 0 Å². The summed E-state index contributed by atoms with van der Waals surface area (Å²) < 4.78 is 1.51. The highest BCUT2D eigenvalue weighted by Gasteiger charge is 2.19. The molecule has 0 saturated carbocycles. The molecule has 0 spiro atoms. The maximum atomic E-state index is 4.81. The predicted octanol–water partition coefficient (Wildman–Crippen LogP) is 19.9. The zero-order valence-corrected chi connectivity index (χ0v) is 40.7. The number of halogens is 6. The van der Waals surface area contributed by atoms with Crippen LogP contribution in [-0.2, 0) is 0 Å². The van der Waals surface area contributed by atoms with Crippen LogP contribution >= 0.6 is 83.6 Å². The fourth-order valence-corrected chi connectivity index (χ4v) is 10.3. The Hall–Kier alpha value is -4.97. The molecule has 0 bridgehead atoms. The van der Waals surface area contributed by atoms with Gasteiger partial charge in [-0.05, 0) is 121 Å². The van der Waals surface area contributed by atoms with Crippen LogP contribution in [0.25, 0.3) is 109 Å². The summed E-state index contributed by atoms with van der Waals surface area (Å²) in [5, 5.41) is 15.7. The van der Waals surface area contributed by atoms with E-state index in [0.29, 0.717) is 0 Å². The van der Waals surface area contributed by atoms with Gasteiger partial charge < -0.3 is 0 Å². The minimum absolute atomic E-state index is 0. The van der Waals surface area contributed by atoms with Crippen molar-refractivity contribution in [3.8, 4) is 44.5 Å². The first-order valence-electron chi connectivity index (χ1n) is 20.3. The van der Waals surface area contributed by atoms with E-state index in [-0.39, 0.29) is 17.0 Å². The number of benzene rings is 12. The van der Waals surface area contributed by atoms with E-state index in [1.807, 2.05) is 0 Å². The van der Waals surface area contributed by atoms with Crippen LogP contribution < -0.4 is 0 Å². The first kappa shape index (κ1) is 43.3. The lowest BCUT2D eigenvalue weighted by atomic mass is 9.87. The number of rotatable bonds is 4. The quantitative estimate of drug-likeness (QED) is 0.122. The third kappa shape index (κ3) is 8.21. The summed E-state index contributed by atoms with van der Waals surface area (Å²) in [5.41, 5.74) is 10.1. The molecule has 0 aromatic heterocycles. The highest BCUT2D eigenvalue weighted by atomic mass is 79.9. The second-order valence-electron chi connectivity index (χ2n) is 15.2. The Morgan fingerprint density at radius 3 is 0.873 bits per heavy atom. The summed E-state index contributed by atoms with van der Waals surface area (Å²) in [6.45, 7) is 0. The molecule has 0 unspecified atom stereocenters. The number of alkyl halides is 3. The molecule has 0 fully saturated rings. The third-order valence-corrected chi connectivity index (χ3v) is 13.1. The van der Waals surface area contributed by atoms with Crippen LogP contribution in [0.5, 0.6) is 0 Å². The van der Waals surface area contributed by atoms with Gasteiger partial charge in [-0.2, -0.15) is 0 Å². The minimum Gasteiger partial charge on any atom is -0.114 e. The second kappa shape index (κ2) is 18.6. The molecular weight excluding hydrogens is 1030 g/mol. The zero-order chi connectivity index (χ0) is 42.3. The molecule has 0 atom stereocenters. The largest absolute Gasteiger partial charge is 0.180 e. The van der Waals surface area contributed by atoms with Gasteiger partial charge in [0.05, 0.1) is 0 Å². The van der Waals surface area contributed by atoms with Crippen molar-refractivity contribution in [3.05, 3.63) is 215 Å². The van der Waals surface area contributed by atoms with Crippen LogP contribution in [-0.4, -0.2) is 4.30 Å². The third-order valence-electron chi connectivity index (χ3n) is 11.8. The van der Waals surface area contributed by atoms with Crippen LogP contribution in [0.15, 0.2) is 215 Å². The molecule has 0 nitrogen and oxygen atoms in total. The van der Waals surface area contributed by atoms with Crippen LogP contribution in [0.3, 0.4) is 0 Å². The van der Waals surface area contributed by atoms with E-state index >= 15 is 0 Å². The first-order chi connectivity index (χ1) is 30.4. The summed E-state index contributed by atoms with van der Waals surface area (Å²) in [5.74, 6) is 0. The van der Waals surface area contributed by atoms with E-state index < -0.39 is 4.30 Å². The summed E-state index contributed by atoms with van der Waals surface area (Å²) in [6.07, 6.45) is 0. The van der Waals surface area contributed by atoms with Gasteiger partial charge in [0.25, 0.3) is 0 Å². The summed E-state index contributed by atoms with van der Waals surface area (Å²) >= 11 is 22.1. The second-order valence-corrected chi connectivity index (χ2v) is 18.9. The molecule has 0 saturated heterocycles. The Bertz CT molecular complexity index is 3270. The maximum absolute atomic E-state index is 4.81. The summed E-state index contributed by atoms with van der Waals surface area (Å²) in [4.78, 5) is 0. The van der Waals surface area contributed by atoms with Crippen molar-refractivity contribution in [2.45, 2.75) is 4.30 Å². The van der Waals surface area contributed by atoms with Crippen LogP contribution in [0, 0.1) is 0 Å². The Balaban J connectivity index is 0.000000146. The Morgan fingerprint density at radius 2 is 0.540 bits per heavy atom. The lowest BCUT2D eigenvalue weighted by molar-refractivity contribution is 1.63. The van der Waals surface area contributed by atoms with Crippen LogP contribution in [0.4, 0.5) is 0 Å².